The van der Waals surface area contributed by atoms with Crippen molar-refractivity contribution in [2.45, 2.75) is 45.0 Å². The van der Waals surface area contributed by atoms with E-state index in [1.807, 2.05) is 0 Å². The lowest BCUT2D eigenvalue weighted by Gasteiger charge is -2.24. The van der Waals surface area contributed by atoms with Gasteiger partial charge in [0.2, 0.25) is 0 Å². The van der Waals surface area contributed by atoms with Crippen LogP contribution in [0.5, 0.6) is 0 Å². The molecule has 2 atom stereocenters. The monoisotopic (exact) mass is 188 g/mol. The number of methoxy groups -OCH3 is 1. The summed E-state index contributed by atoms with van der Waals surface area (Å²) < 4.78 is 16.2. The number of ether oxygens (including phenoxy) is 3. The Morgan fingerprint density at radius 1 is 1.46 bits per heavy atom. The number of rotatable bonds is 5. The van der Waals surface area contributed by atoms with Crippen LogP contribution in [-0.2, 0) is 14.2 Å². The van der Waals surface area contributed by atoms with Crippen LogP contribution in [0.15, 0.2) is 0 Å². The molecule has 3 heteroatoms. The van der Waals surface area contributed by atoms with Crippen LogP contribution in [0.2, 0.25) is 0 Å². The molecule has 1 heterocycles. The standard InChI is InChI=1S/C10H20O3/c1-3-9(11-2)8-13-10-6-4-5-7-12-10/h9-10H,3-8H2,1-2H3. The van der Waals surface area contributed by atoms with Gasteiger partial charge in [-0.1, -0.05) is 6.92 Å². The maximum Gasteiger partial charge on any atom is 0.157 e. The van der Waals surface area contributed by atoms with Crippen LogP contribution in [-0.4, -0.2) is 32.7 Å². The Morgan fingerprint density at radius 2 is 2.31 bits per heavy atom. The molecule has 0 aromatic heterocycles. The van der Waals surface area contributed by atoms with Gasteiger partial charge in [-0.25, -0.2) is 0 Å². The molecule has 0 aromatic carbocycles. The van der Waals surface area contributed by atoms with Crippen molar-refractivity contribution < 1.29 is 14.2 Å². The summed E-state index contributed by atoms with van der Waals surface area (Å²) in [5.41, 5.74) is 0. The average Bonchev–Trinajstić information content (AvgIpc) is 2.21. The summed E-state index contributed by atoms with van der Waals surface area (Å²) in [5, 5.41) is 0. The van der Waals surface area contributed by atoms with Gasteiger partial charge in [0.1, 0.15) is 0 Å². The van der Waals surface area contributed by atoms with Crippen LogP contribution in [0, 0.1) is 0 Å². The van der Waals surface area contributed by atoms with Gasteiger partial charge >= 0.3 is 0 Å². The van der Waals surface area contributed by atoms with Crippen molar-refractivity contribution in [3.63, 3.8) is 0 Å². The SMILES string of the molecule is CCC(COC1CCCCO1)OC. The van der Waals surface area contributed by atoms with Crippen LogP contribution >= 0.6 is 0 Å². The maximum atomic E-state index is 5.58. The fourth-order valence-corrected chi connectivity index (χ4v) is 1.41. The van der Waals surface area contributed by atoms with E-state index in [0.29, 0.717) is 6.61 Å². The Bertz CT molecular complexity index is 117. The Hall–Kier alpha value is -0.120. The van der Waals surface area contributed by atoms with Crippen LogP contribution in [0.25, 0.3) is 0 Å². The highest BCUT2D eigenvalue weighted by Gasteiger charge is 2.15. The summed E-state index contributed by atoms with van der Waals surface area (Å²) in [5.74, 6) is 0. The van der Waals surface area contributed by atoms with Gasteiger partial charge in [0.05, 0.1) is 12.7 Å². The van der Waals surface area contributed by atoms with Gasteiger partial charge in [0, 0.05) is 13.7 Å². The van der Waals surface area contributed by atoms with Crippen LogP contribution in [0.1, 0.15) is 32.6 Å². The molecule has 1 saturated heterocycles. The molecule has 78 valence electrons. The van der Waals surface area contributed by atoms with Crippen molar-refractivity contribution in [2.75, 3.05) is 20.3 Å². The molecule has 0 amide bonds. The fraction of sp³-hybridized carbons (Fsp3) is 1.00. The summed E-state index contributed by atoms with van der Waals surface area (Å²) in [6.45, 7) is 3.59. The first kappa shape index (κ1) is 11.0. The van der Waals surface area contributed by atoms with Crippen LogP contribution in [0.3, 0.4) is 0 Å². The van der Waals surface area contributed by atoms with E-state index in [4.69, 9.17) is 14.2 Å². The Morgan fingerprint density at radius 3 is 2.85 bits per heavy atom. The minimum absolute atomic E-state index is 0.0120. The predicted molar refractivity (Wildman–Crippen MR) is 50.6 cm³/mol. The third-order valence-corrected chi connectivity index (χ3v) is 2.39. The first-order valence-electron chi connectivity index (χ1n) is 5.12. The Balaban J connectivity index is 2.09. The molecule has 13 heavy (non-hydrogen) atoms. The van der Waals surface area contributed by atoms with Crippen molar-refractivity contribution in [3.05, 3.63) is 0 Å². The average molecular weight is 188 g/mol. The zero-order valence-electron chi connectivity index (χ0n) is 8.62. The molecule has 0 aliphatic carbocycles. The van der Waals surface area contributed by atoms with Crippen molar-refractivity contribution >= 4 is 0 Å². The lowest BCUT2D eigenvalue weighted by Crippen LogP contribution is -2.27. The summed E-state index contributed by atoms with van der Waals surface area (Å²) in [4.78, 5) is 0. The molecular weight excluding hydrogens is 168 g/mol. The van der Waals surface area contributed by atoms with Crippen molar-refractivity contribution in [1.29, 1.82) is 0 Å². The second-order valence-corrected chi connectivity index (χ2v) is 3.40. The molecule has 3 nitrogen and oxygen atoms in total. The lowest BCUT2D eigenvalue weighted by atomic mass is 10.2. The van der Waals surface area contributed by atoms with E-state index in [1.54, 1.807) is 7.11 Å². The van der Waals surface area contributed by atoms with Gasteiger partial charge in [-0.05, 0) is 25.7 Å². The molecule has 1 aliphatic rings. The molecule has 0 bridgehead atoms. The summed E-state index contributed by atoms with van der Waals surface area (Å²) in [6.07, 6.45) is 4.63. The van der Waals surface area contributed by atoms with E-state index in [-0.39, 0.29) is 12.4 Å². The largest absolute Gasteiger partial charge is 0.379 e. The van der Waals surface area contributed by atoms with Gasteiger partial charge in [-0.3, -0.25) is 0 Å². The smallest absolute Gasteiger partial charge is 0.157 e. The van der Waals surface area contributed by atoms with E-state index in [9.17, 15) is 0 Å². The number of hydrogen-bond acceptors (Lipinski definition) is 3. The van der Waals surface area contributed by atoms with Gasteiger partial charge in [0.25, 0.3) is 0 Å². The highest BCUT2D eigenvalue weighted by atomic mass is 16.7. The maximum absolute atomic E-state index is 5.58. The summed E-state index contributed by atoms with van der Waals surface area (Å²) >= 11 is 0. The van der Waals surface area contributed by atoms with Crippen LogP contribution in [0.4, 0.5) is 0 Å². The van der Waals surface area contributed by atoms with E-state index < -0.39 is 0 Å². The van der Waals surface area contributed by atoms with Gasteiger partial charge in [-0.2, -0.15) is 0 Å². The van der Waals surface area contributed by atoms with Crippen LogP contribution < -0.4 is 0 Å². The Kier molecular flexibility index (Phi) is 5.35. The molecule has 0 N–H and O–H groups in total. The van der Waals surface area contributed by atoms with E-state index in [1.165, 1.54) is 12.8 Å². The van der Waals surface area contributed by atoms with Gasteiger partial charge < -0.3 is 14.2 Å². The molecule has 1 fully saturated rings. The highest BCUT2D eigenvalue weighted by Crippen LogP contribution is 2.14. The molecule has 1 rings (SSSR count). The summed E-state index contributed by atoms with van der Waals surface area (Å²) in [6, 6.07) is 0. The minimum Gasteiger partial charge on any atom is -0.379 e. The predicted octanol–water partition coefficient (Wildman–Crippen LogP) is 1.95. The zero-order chi connectivity index (χ0) is 9.52. The zero-order valence-corrected chi connectivity index (χ0v) is 8.62. The quantitative estimate of drug-likeness (QED) is 0.660. The third-order valence-electron chi connectivity index (χ3n) is 2.39. The molecule has 0 aromatic rings. The second kappa shape index (κ2) is 6.35. The highest BCUT2D eigenvalue weighted by molar-refractivity contribution is 4.57. The fourth-order valence-electron chi connectivity index (χ4n) is 1.41. The molecule has 0 radical (unpaired) electrons. The van der Waals surface area contributed by atoms with Crippen molar-refractivity contribution in [2.24, 2.45) is 0 Å². The topological polar surface area (TPSA) is 27.7 Å². The van der Waals surface area contributed by atoms with E-state index >= 15 is 0 Å². The van der Waals surface area contributed by atoms with Crippen molar-refractivity contribution in [1.82, 2.24) is 0 Å². The van der Waals surface area contributed by atoms with Crippen molar-refractivity contribution in [3.8, 4) is 0 Å². The molecule has 2 unspecified atom stereocenters. The molecular formula is C10H20O3. The second-order valence-electron chi connectivity index (χ2n) is 3.40. The first-order valence-corrected chi connectivity index (χ1v) is 5.12. The lowest BCUT2D eigenvalue weighted by molar-refractivity contribution is -0.177. The van der Waals surface area contributed by atoms with Gasteiger partial charge in [-0.15, -0.1) is 0 Å². The normalized spacial score (nSPS) is 25.8. The molecule has 0 saturated carbocycles. The van der Waals surface area contributed by atoms with Gasteiger partial charge in [0.15, 0.2) is 6.29 Å². The third kappa shape index (κ3) is 4.07. The molecule has 0 spiro atoms. The first-order chi connectivity index (χ1) is 6.36. The van der Waals surface area contributed by atoms with E-state index in [0.717, 1.165) is 19.4 Å². The van der Waals surface area contributed by atoms with E-state index in [2.05, 4.69) is 6.92 Å². The molecule has 1 aliphatic heterocycles. The number of hydrogen-bond donors (Lipinski definition) is 0. The minimum atomic E-state index is 0.0120. The Labute approximate surface area is 80.4 Å². The summed E-state index contributed by atoms with van der Waals surface area (Å²) in [7, 11) is 1.72.